The smallest absolute Gasteiger partial charge is 0.225 e. The lowest BCUT2D eigenvalue weighted by Crippen LogP contribution is -2.50. The van der Waals surface area contributed by atoms with Crippen molar-refractivity contribution in [3.8, 4) is 0 Å². The summed E-state index contributed by atoms with van der Waals surface area (Å²) in [7, 11) is 0. The quantitative estimate of drug-likeness (QED) is 0.708. The minimum Gasteiger partial charge on any atom is -0.343 e. The molecule has 1 saturated heterocycles. The fourth-order valence-electron chi connectivity index (χ4n) is 3.69. The summed E-state index contributed by atoms with van der Waals surface area (Å²) in [5.74, 6) is 0.606. The van der Waals surface area contributed by atoms with Crippen LogP contribution in [0.1, 0.15) is 39.5 Å². The van der Waals surface area contributed by atoms with Crippen LogP contribution in [0.15, 0.2) is 0 Å². The van der Waals surface area contributed by atoms with Gasteiger partial charge in [-0.1, -0.05) is 0 Å². The van der Waals surface area contributed by atoms with Crippen molar-refractivity contribution in [3.05, 3.63) is 0 Å². The van der Waals surface area contributed by atoms with E-state index in [-0.39, 0.29) is 23.7 Å². The van der Waals surface area contributed by atoms with E-state index in [1.807, 2.05) is 23.6 Å². The molecular weight excluding hydrogens is 294 g/mol. The molecular formula is C17H29N3O3. The molecule has 6 nitrogen and oxygen atoms in total. The highest BCUT2D eigenvalue weighted by Crippen LogP contribution is 2.31. The number of hydrogen-bond acceptors (Lipinski definition) is 3. The molecule has 0 aromatic heterocycles. The number of rotatable bonds is 5. The highest BCUT2D eigenvalue weighted by Gasteiger charge is 2.34. The van der Waals surface area contributed by atoms with Crippen LogP contribution in [-0.4, -0.2) is 72.2 Å². The number of hydrogen-bond donors (Lipinski definition) is 0. The zero-order chi connectivity index (χ0) is 16.8. The SMILES string of the molecule is CCN(CC)C(=O)C1CCC(C(=O)N2CCN(C=O)CC2)CC1. The number of carbonyl (C=O) groups is 3. The van der Waals surface area contributed by atoms with Gasteiger partial charge >= 0.3 is 0 Å². The van der Waals surface area contributed by atoms with Crippen LogP contribution in [0.5, 0.6) is 0 Å². The first kappa shape index (κ1) is 17.8. The molecule has 2 fully saturated rings. The Bertz CT molecular complexity index is 421. The zero-order valence-corrected chi connectivity index (χ0v) is 14.4. The van der Waals surface area contributed by atoms with Crippen molar-refractivity contribution < 1.29 is 14.4 Å². The van der Waals surface area contributed by atoms with Gasteiger partial charge in [-0.15, -0.1) is 0 Å². The second-order valence-electron chi connectivity index (χ2n) is 6.53. The molecule has 1 aliphatic carbocycles. The number of piperazine rings is 1. The second-order valence-corrected chi connectivity index (χ2v) is 6.53. The van der Waals surface area contributed by atoms with Gasteiger partial charge < -0.3 is 14.7 Å². The van der Waals surface area contributed by atoms with E-state index in [2.05, 4.69) is 0 Å². The molecule has 0 unspecified atom stereocenters. The molecule has 23 heavy (non-hydrogen) atoms. The third-order valence-corrected chi connectivity index (χ3v) is 5.28. The van der Waals surface area contributed by atoms with E-state index in [0.717, 1.165) is 45.2 Å². The van der Waals surface area contributed by atoms with E-state index in [1.54, 1.807) is 4.90 Å². The molecule has 3 amide bonds. The van der Waals surface area contributed by atoms with Crippen molar-refractivity contribution in [2.45, 2.75) is 39.5 Å². The molecule has 6 heteroatoms. The summed E-state index contributed by atoms with van der Waals surface area (Å²) in [6, 6.07) is 0. The predicted octanol–water partition coefficient (Wildman–Crippen LogP) is 0.962. The van der Waals surface area contributed by atoms with Gasteiger partial charge in [-0.3, -0.25) is 14.4 Å². The monoisotopic (exact) mass is 323 g/mol. The van der Waals surface area contributed by atoms with Crippen molar-refractivity contribution in [1.82, 2.24) is 14.7 Å². The lowest BCUT2D eigenvalue weighted by molar-refractivity contribution is -0.143. The maximum atomic E-state index is 12.6. The largest absolute Gasteiger partial charge is 0.343 e. The van der Waals surface area contributed by atoms with Gasteiger partial charge in [-0.05, 0) is 39.5 Å². The summed E-state index contributed by atoms with van der Waals surface area (Å²) >= 11 is 0. The van der Waals surface area contributed by atoms with E-state index in [4.69, 9.17) is 0 Å². The zero-order valence-electron chi connectivity index (χ0n) is 14.4. The van der Waals surface area contributed by atoms with Crippen LogP contribution in [0.2, 0.25) is 0 Å². The second kappa shape index (κ2) is 8.31. The Labute approximate surface area is 138 Å². The van der Waals surface area contributed by atoms with Gasteiger partial charge in [-0.2, -0.15) is 0 Å². The summed E-state index contributed by atoms with van der Waals surface area (Å²) < 4.78 is 0. The first-order chi connectivity index (χ1) is 11.1. The van der Waals surface area contributed by atoms with Gasteiger partial charge in [0.1, 0.15) is 0 Å². The van der Waals surface area contributed by atoms with Gasteiger partial charge in [0.05, 0.1) is 0 Å². The van der Waals surface area contributed by atoms with Crippen molar-refractivity contribution in [2.75, 3.05) is 39.3 Å². The number of amides is 3. The van der Waals surface area contributed by atoms with Crippen LogP contribution in [0.4, 0.5) is 0 Å². The molecule has 1 heterocycles. The van der Waals surface area contributed by atoms with E-state index in [9.17, 15) is 14.4 Å². The maximum absolute atomic E-state index is 12.6. The van der Waals surface area contributed by atoms with Crippen LogP contribution in [0, 0.1) is 11.8 Å². The molecule has 1 aliphatic heterocycles. The number of nitrogens with zero attached hydrogens (tertiary/aromatic N) is 3. The average molecular weight is 323 g/mol. The molecule has 2 aliphatic rings. The fourth-order valence-corrected chi connectivity index (χ4v) is 3.69. The molecule has 0 radical (unpaired) electrons. The fraction of sp³-hybridized carbons (Fsp3) is 0.824. The van der Waals surface area contributed by atoms with Crippen LogP contribution < -0.4 is 0 Å². The molecule has 1 saturated carbocycles. The minimum absolute atomic E-state index is 0.0542. The molecule has 0 aromatic carbocycles. The Morgan fingerprint density at radius 1 is 0.957 bits per heavy atom. The molecule has 0 bridgehead atoms. The number of carbonyl (C=O) groups excluding carboxylic acids is 3. The molecule has 130 valence electrons. The molecule has 0 N–H and O–H groups in total. The normalized spacial score (nSPS) is 25.1. The first-order valence-electron chi connectivity index (χ1n) is 8.87. The predicted molar refractivity (Wildman–Crippen MR) is 87.6 cm³/mol. The first-order valence-corrected chi connectivity index (χ1v) is 8.87. The van der Waals surface area contributed by atoms with Gasteiger partial charge in [-0.25, -0.2) is 0 Å². The van der Waals surface area contributed by atoms with Crippen molar-refractivity contribution in [2.24, 2.45) is 11.8 Å². The van der Waals surface area contributed by atoms with E-state index in [1.165, 1.54) is 0 Å². The highest BCUT2D eigenvalue weighted by atomic mass is 16.2. The molecule has 2 rings (SSSR count). The molecule has 0 spiro atoms. The highest BCUT2D eigenvalue weighted by molar-refractivity contribution is 5.81. The van der Waals surface area contributed by atoms with E-state index in [0.29, 0.717) is 26.2 Å². The van der Waals surface area contributed by atoms with Gasteiger partial charge in [0.15, 0.2) is 0 Å². The van der Waals surface area contributed by atoms with Crippen LogP contribution in [0.3, 0.4) is 0 Å². The van der Waals surface area contributed by atoms with E-state index >= 15 is 0 Å². The summed E-state index contributed by atoms with van der Waals surface area (Å²) in [6.07, 6.45) is 4.11. The molecule has 0 atom stereocenters. The van der Waals surface area contributed by atoms with Crippen LogP contribution >= 0.6 is 0 Å². The summed E-state index contributed by atoms with van der Waals surface area (Å²) in [6.45, 7) is 8.07. The van der Waals surface area contributed by atoms with Crippen LogP contribution in [-0.2, 0) is 14.4 Å². The van der Waals surface area contributed by atoms with Crippen LogP contribution in [0.25, 0.3) is 0 Å². The summed E-state index contributed by atoms with van der Waals surface area (Å²) in [4.78, 5) is 41.2. The van der Waals surface area contributed by atoms with Crippen molar-refractivity contribution >= 4 is 18.2 Å². The molecule has 0 aromatic rings. The Morgan fingerprint density at radius 3 is 1.96 bits per heavy atom. The third kappa shape index (κ3) is 4.24. The average Bonchev–Trinajstić information content (AvgIpc) is 2.62. The minimum atomic E-state index is 0.0542. The third-order valence-electron chi connectivity index (χ3n) is 5.28. The van der Waals surface area contributed by atoms with Gasteiger partial charge in [0, 0.05) is 51.1 Å². The Hall–Kier alpha value is -1.59. The van der Waals surface area contributed by atoms with Gasteiger partial charge in [0.25, 0.3) is 0 Å². The summed E-state index contributed by atoms with van der Waals surface area (Å²) in [5, 5.41) is 0. The Kier molecular flexibility index (Phi) is 6.42. The summed E-state index contributed by atoms with van der Waals surface area (Å²) in [5.41, 5.74) is 0. The van der Waals surface area contributed by atoms with Crippen molar-refractivity contribution in [3.63, 3.8) is 0 Å². The maximum Gasteiger partial charge on any atom is 0.225 e. The lowest BCUT2D eigenvalue weighted by Gasteiger charge is -2.37. The standard InChI is InChI=1S/C17H29N3O3/c1-3-19(4-2)16(22)14-5-7-15(8-6-14)17(23)20-11-9-18(13-21)10-12-20/h13-15H,3-12H2,1-2H3. The Balaban J connectivity index is 1.81. The lowest BCUT2D eigenvalue weighted by atomic mass is 9.80. The van der Waals surface area contributed by atoms with E-state index < -0.39 is 0 Å². The topological polar surface area (TPSA) is 60.9 Å². The van der Waals surface area contributed by atoms with Crippen molar-refractivity contribution in [1.29, 1.82) is 0 Å². The van der Waals surface area contributed by atoms with Gasteiger partial charge in [0.2, 0.25) is 18.2 Å². The Morgan fingerprint density at radius 2 is 1.48 bits per heavy atom.